The van der Waals surface area contributed by atoms with Crippen molar-refractivity contribution in [3.05, 3.63) is 0 Å². The third-order valence-corrected chi connectivity index (χ3v) is 4.60. The smallest absolute Gasteiger partial charge is 0.317 e. The number of hydrogen-bond acceptors (Lipinski definition) is 3. The molecule has 2 fully saturated rings. The fourth-order valence-corrected chi connectivity index (χ4v) is 3.20. The molecule has 6 nitrogen and oxygen atoms in total. The van der Waals surface area contributed by atoms with Crippen LogP contribution in [0.25, 0.3) is 0 Å². The summed E-state index contributed by atoms with van der Waals surface area (Å²) in [5.41, 5.74) is 0. The molecule has 0 aromatic carbocycles. The van der Waals surface area contributed by atoms with Crippen molar-refractivity contribution >= 4 is 12.0 Å². The molecule has 1 saturated carbocycles. The molecule has 0 aromatic rings. The highest BCUT2D eigenvalue weighted by Gasteiger charge is 2.33. The van der Waals surface area contributed by atoms with Gasteiger partial charge in [0, 0.05) is 32.7 Å². The molecule has 1 aliphatic heterocycles. The summed E-state index contributed by atoms with van der Waals surface area (Å²) in [6.07, 6.45) is 2.60. The predicted octanol–water partition coefficient (Wildman–Crippen LogP) is 0.834. The van der Waals surface area contributed by atoms with Crippen LogP contribution < -0.4 is 5.32 Å². The lowest BCUT2D eigenvalue weighted by molar-refractivity contribution is -0.142. The normalized spacial score (nSPS) is 27.6. The Morgan fingerprint density at radius 2 is 1.90 bits per heavy atom. The van der Waals surface area contributed by atoms with Gasteiger partial charge in [-0.3, -0.25) is 4.79 Å². The molecule has 0 radical (unpaired) electrons. The number of carboxylic acid groups (broad SMARTS) is 1. The van der Waals surface area contributed by atoms with E-state index in [1.807, 2.05) is 4.90 Å². The molecule has 2 atom stereocenters. The van der Waals surface area contributed by atoms with E-state index < -0.39 is 5.97 Å². The second-order valence-electron chi connectivity index (χ2n) is 5.74. The summed E-state index contributed by atoms with van der Waals surface area (Å²) in [5.74, 6) is -0.918. The number of likely N-dealkylation sites (N-methyl/N-ethyl adjacent to an activating group) is 1. The quantitative estimate of drug-likeness (QED) is 0.802. The van der Waals surface area contributed by atoms with Crippen LogP contribution in [0.15, 0.2) is 0 Å². The molecule has 114 valence electrons. The van der Waals surface area contributed by atoms with E-state index >= 15 is 0 Å². The molecule has 20 heavy (non-hydrogen) atoms. The number of aliphatic carboxylic acids is 1. The topological polar surface area (TPSA) is 72.9 Å². The summed E-state index contributed by atoms with van der Waals surface area (Å²) in [6.45, 7) is 7.00. The van der Waals surface area contributed by atoms with E-state index in [9.17, 15) is 9.59 Å². The summed E-state index contributed by atoms with van der Waals surface area (Å²) < 4.78 is 0. The first-order valence-electron chi connectivity index (χ1n) is 7.59. The van der Waals surface area contributed by atoms with Gasteiger partial charge in [-0.05, 0) is 25.3 Å². The van der Waals surface area contributed by atoms with Crippen molar-refractivity contribution in [1.82, 2.24) is 15.1 Å². The lowest BCUT2D eigenvalue weighted by Crippen LogP contribution is -2.52. The van der Waals surface area contributed by atoms with Crippen molar-refractivity contribution in [2.75, 3.05) is 39.3 Å². The zero-order valence-corrected chi connectivity index (χ0v) is 12.2. The van der Waals surface area contributed by atoms with Gasteiger partial charge in [0.15, 0.2) is 0 Å². The summed E-state index contributed by atoms with van der Waals surface area (Å²) in [5, 5.41) is 12.0. The Hall–Kier alpha value is -1.30. The summed E-state index contributed by atoms with van der Waals surface area (Å²) in [4.78, 5) is 27.3. The second kappa shape index (κ2) is 6.92. The molecule has 6 heteroatoms. The molecule has 1 aliphatic carbocycles. The van der Waals surface area contributed by atoms with Crippen LogP contribution in [0.2, 0.25) is 0 Å². The number of nitrogens with zero attached hydrogens (tertiary/aromatic N) is 2. The van der Waals surface area contributed by atoms with E-state index in [-0.39, 0.29) is 17.9 Å². The van der Waals surface area contributed by atoms with Crippen molar-refractivity contribution in [3.8, 4) is 0 Å². The highest BCUT2D eigenvalue weighted by molar-refractivity contribution is 5.74. The van der Waals surface area contributed by atoms with Crippen LogP contribution in [0.5, 0.6) is 0 Å². The van der Waals surface area contributed by atoms with E-state index in [4.69, 9.17) is 5.11 Å². The zero-order valence-electron chi connectivity index (χ0n) is 12.2. The molecule has 0 spiro atoms. The number of amides is 2. The number of piperazine rings is 1. The van der Waals surface area contributed by atoms with Crippen LogP contribution in [-0.4, -0.2) is 66.2 Å². The van der Waals surface area contributed by atoms with Crippen molar-refractivity contribution in [2.45, 2.75) is 26.2 Å². The molecule has 2 aliphatic rings. The maximum atomic E-state index is 12.1. The molecule has 2 unspecified atom stereocenters. The molecule has 0 bridgehead atoms. The SMILES string of the molecule is CCN1CCN(C(=O)NCC2CCCC2C(=O)O)CC1. The van der Waals surface area contributed by atoms with Gasteiger partial charge in [0.05, 0.1) is 5.92 Å². The van der Waals surface area contributed by atoms with Crippen LogP contribution >= 0.6 is 0 Å². The monoisotopic (exact) mass is 283 g/mol. The van der Waals surface area contributed by atoms with E-state index in [1.165, 1.54) is 0 Å². The zero-order chi connectivity index (χ0) is 14.5. The molecule has 2 rings (SSSR count). The van der Waals surface area contributed by atoms with E-state index in [2.05, 4.69) is 17.1 Å². The van der Waals surface area contributed by atoms with Gasteiger partial charge in [-0.25, -0.2) is 4.79 Å². The average molecular weight is 283 g/mol. The second-order valence-corrected chi connectivity index (χ2v) is 5.74. The Kier molecular flexibility index (Phi) is 5.23. The average Bonchev–Trinajstić information content (AvgIpc) is 2.93. The minimum Gasteiger partial charge on any atom is -0.481 e. The minimum absolute atomic E-state index is 0.0446. The number of carbonyl (C=O) groups is 2. The number of urea groups is 1. The van der Waals surface area contributed by atoms with Crippen molar-refractivity contribution < 1.29 is 14.7 Å². The van der Waals surface area contributed by atoms with Crippen molar-refractivity contribution in [3.63, 3.8) is 0 Å². The fraction of sp³-hybridized carbons (Fsp3) is 0.857. The standard InChI is InChI=1S/C14H25N3O3/c1-2-16-6-8-17(9-7-16)14(20)15-10-11-4-3-5-12(11)13(18)19/h11-12H,2-10H2,1H3,(H,15,20)(H,18,19). The van der Waals surface area contributed by atoms with Crippen LogP contribution in [-0.2, 0) is 4.79 Å². The van der Waals surface area contributed by atoms with Crippen molar-refractivity contribution in [1.29, 1.82) is 0 Å². The summed E-state index contributed by atoms with van der Waals surface area (Å²) in [7, 11) is 0. The van der Waals surface area contributed by atoms with Gasteiger partial charge in [0.2, 0.25) is 0 Å². The number of hydrogen-bond donors (Lipinski definition) is 2. The summed E-state index contributed by atoms with van der Waals surface area (Å²) in [6, 6.07) is -0.0446. The third kappa shape index (κ3) is 3.62. The first kappa shape index (κ1) is 15.1. The Bertz CT molecular complexity index is 354. The highest BCUT2D eigenvalue weighted by Crippen LogP contribution is 2.31. The predicted molar refractivity (Wildman–Crippen MR) is 75.6 cm³/mol. The molecule has 1 heterocycles. The lowest BCUT2D eigenvalue weighted by atomic mass is 9.96. The first-order valence-corrected chi connectivity index (χ1v) is 7.59. The van der Waals surface area contributed by atoms with Gasteiger partial charge in [0.1, 0.15) is 0 Å². The lowest BCUT2D eigenvalue weighted by Gasteiger charge is -2.34. The number of rotatable bonds is 4. The summed E-state index contributed by atoms with van der Waals surface area (Å²) >= 11 is 0. The Morgan fingerprint density at radius 3 is 2.50 bits per heavy atom. The molecule has 1 saturated heterocycles. The van der Waals surface area contributed by atoms with Crippen LogP contribution in [0.1, 0.15) is 26.2 Å². The first-order chi connectivity index (χ1) is 9.61. The van der Waals surface area contributed by atoms with Gasteiger partial charge in [-0.1, -0.05) is 13.3 Å². The van der Waals surface area contributed by atoms with Gasteiger partial charge >= 0.3 is 12.0 Å². The van der Waals surface area contributed by atoms with E-state index in [1.54, 1.807) is 0 Å². The number of carboxylic acids is 1. The molecular weight excluding hydrogens is 258 g/mol. The van der Waals surface area contributed by atoms with Gasteiger partial charge in [-0.15, -0.1) is 0 Å². The minimum atomic E-state index is -0.724. The molecule has 2 amide bonds. The molecule has 2 N–H and O–H groups in total. The third-order valence-electron chi connectivity index (χ3n) is 4.60. The maximum Gasteiger partial charge on any atom is 0.317 e. The fourth-order valence-electron chi connectivity index (χ4n) is 3.20. The Morgan fingerprint density at radius 1 is 1.20 bits per heavy atom. The van der Waals surface area contributed by atoms with E-state index in [0.29, 0.717) is 6.54 Å². The van der Waals surface area contributed by atoms with Gasteiger partial charge in [-0.2, -0.15) is 0 Å². The highest BCUT2D eigenvalue weighted by atomic mass is 16.4. The maximum absolute atomic E-state index is 12.1. The van der Waals surface area contributed by atoms with Crippen molar-refractivity contribution in [2.24, 2.45) is 11.8 Å². The number of nitrogens with one attached hydrogen (secondary N) is 1. The molecular formula is C14H25N3O3. The van der Waals surface area contributed by atoms with Crippen LogP contribution in [0, 0.1) is 11.8 Å². The van der Waals surface area contributed by atoms with Crippen LogP contribution in [0.4, 0.5) is 4.79 Å². The Balaban J connectivity index is 1.74. The van der Waals surface area contributed by atoms with Gasteiger partial charge in [0.25, 0.3) is 0 Å². The van der Waals surface area contributed by atoms with Crippen LogP contribution in [0.3, 0.4) is 0 Å². The van der Waals surface area contributed by atoms with Gasteiger partial charge < -0.3 is 20.2 Å². The van der Waals surface area contributed by atoms with E-state index in [0.717, 1.165) is 52.0 Å². The Labute approximate surface area is 120 Å². The largest absolute Gasteiger partial charge is 0.481 e. The molecule has 0 aromatic heterocycles. The number of carbonyl (C=O) groups excluding carboxylic acids is 1.